The van der Waals surface area contributed by atoms with E-state index >= 15 is 0 Å². The first-order valence-corrected chi connectivity index (χ1v) is 10.6. The van der Waals surface area contributed by atoms with Crippen LogP contribution in [0.5, 0.6) is 0 Å². The molecule has 0 aliphatic carbocycles. The number of rotatable bonds is 5. The summed E-state index contributed by atoms with van der Waals surface area (Å²) in [6.07, 6.45) is 0. The minimum Gasteiger partial charge on any atom is -0.226 e. The van der Waals surface area contributed by atoms with E-state index in [1.165, 1.54) is 15.9 Å². The Morgan fingerprint density at radius 1 is 0.615 bits per heavy atom. The van der Waals surface area contributed by atoms with Gasteiger partial charge in [-0.15, -0.1) is 0 Å². The SMILES string of the molecule is CC(C)(C)OOC=P(c1ccccc1)(c1ccccc1)c1ccccc1. The summed E-state index contributed by atoms with van der Waals surface area (Å²) in [4.78, 5) is 11.4. The lowest BCUT2D eigenvalue weighted by Crippen LogP contribution is -2.28. The van der Waals surface area contributed by atoms with Crippen molar-refractivity contribution >= 4 is 28.8 Å². The molecule has 0 aromatic heterocycles. The van der Waals surface area contributed by atoms with E-state index in [1.54, 1.807) is 0 Å². The van der Waals surface area contributed by atoms with E-state index in [-0.39, 0.29) is 5.60 Å². The van der Waals surface area contributed by atoms with Crippen LogP contribution in [0, 0.1) is 0 Å². The summed E-state index contributed by atoms with van der Waals surface area (Å²) in [6.45, 7) is 3.83. The number of hydrogen-bond donors (Lipinski definition) is 0. The van der Waals surface area contributed by atoms with Crippen LogP contribution in [0.25, 0.3) is 0 Å². The van der Waals surface area contributed by atoms with Crippen LogP contribution >= 0.6 is 6.89 Å². The van der Waals surface area contributed by atoms with Gasteiger partial charge in [0.15, 0.2) is 0 Å². The first-order chi connectivity index (χ1) is 12.5. The maximum absolute atomic E-state index is 5.75. The molecule has 2 nitrogen and oxygen atoms in total. The maximum atomic E-state index is 5.75. The van der Waals surface area contributed by atoms with Gasteiger partial charge in [0.05, 0.1) is 11.6 Å². The van der Waals surface area contributed by atoms with Gasteiger partial charge >= 0.3 is 0 Å². The number of benzene rings is 3. The zero-order chi connectivity index (χ0) is 18.5. The van der Waals surface area contributed by atoms with Gasteiger partial charge in [-0.1, -0.05) is 91.0 Å². The molecule has 0 N–H and O–H groups in total. The zero-order valence-electron chi connectivity index (χ0n) is 15.5. The standard InChI is InChI=1S/C23H25O2P/c1-23(2,3)25-24-19-26(20-13-7-4-8-14-20,21-15-9-5-10-16-21)22-17-11-6-12-18-22/h4-19H,1-3H3. The molecular formula is C23H25O2P. The van der Waals surface area contributed by atoms with Crippen molar-refractivity contribution in [2.75, 3.05) is 0 Å². The molecule has 0 aliphatic rings. The van der Waals surface area contributed by atoms with E-state index in [0.29, 0.717) is 0 Å². The van der Waals surface area contributed by atoms with E-state index in [9.17, 15) is 0 Å². The fourth-order valence-electron chi connectivity index (χ4n) is 2.85. The summed E-state index contributed by atoms with van der Waals surface area (Å²) in [6, 6.07) is 31.6. The van der Waals surface area contributed by atoms with Gasteiger partial charge in [-0.3, -0.25) is 0 Å². The first kappa shape index (κ1) is 18.7. The lowest BCUT2D eigenvalue weighted by atomic mass is 10.2. The van der Waals surface area contributed by atoms with Crippen molar-refractivity contribution < 1.29 is 9.78 Å². The van der Waals surface area contributed by atoms with Gasteiger partial charge in [0.1, 0.15) is 0 Å². The van der Waals surface area contributed by atoms with E-state index in [1.807, 2.05) is 45.0 Å². The predicted octanol–water partition coefficient (Wildman–Crippen LogP) is 4.49. The van der Waals surface area contributed by atoms with Gasteiger partial charge < -0.3 is 0 Å². The Morgan fingerprint density at radius 3 is 1.27 bits per heavy atom. The molecule has 0 spiro atoms. The Hall–Kier alpha value is -2.12. The van der Waals surface area contributed by atoms with Crippen LogP contribution in [0.4, 0.5) is 0 Å². The minimum atomic E-state index is -2.11. The minimum absolute atomic E-state index is 0.379. The molecule has 0 bridgehead atoms. The Labute approximate surface area is 156 Å². The van der Waals surface area contributed by atoms with E-state index in [0.717, 1.165) is 0 Å². The van der Waals surface area contributed by atoms with E-state index in [4.69, 9.17) is 9.78 Å². The van der Waals surface area contributed by atoms with Crippen LogP contribution in [0.2, 0.25) is 0 Å². The van der Waals surface area contributed by atoms with Gasteiger partial charge in [-0.05, 0) is 36.7 Å². The molecule has 0 amide bonds. The second-order valence-electron chi connectivity index (χ2n) is 7.13. The molecule has 0 atom stereocenters. The van der Waals surface area contributed by atoms with Crippen molar-refractivity contribution in [2.45, 2.75) is 26.4 Å². The molecule has 26 heavy (non-hydrogen) atoms. The molecule has 0 fully saturated rings. The maximum Gasteiger partial charge on any atom is 0.0957 e. The lowest BCUT2D eigenvalue weighted by Gasteiger charge is -2.28. The van der Waals surface area contributed by atoms with Gasteiger partial charge in [-0.2, -0.15) is 0 Å². The van der Waals surface area contributed by atoms with E-state index < -0.39 is 6.89 Å². The third kappa shape index (κ3) is 4.16. The Kier molecular flexibility index (Phi) is 5.78. The molecule has 0 saturated heterocycles. The number of hydrogen-bond acceptors (Lipinski definition) is 2. The van der Waals surface area contributed by atoms with Crippen molar-refractivity contribution in [3.05, 3.63) is 91.0 Å². The molecule has 3 heteroatoms. The van der Waals surface area contributed by atoms with Crippen molar-refractivity contribution in [1.82, 2.24) is 0 Å². The third-order valence-electron chi connectivity index (χ3n) is 3.99. The molecule has 3 aromatic rings. The zero-order valence-corrected chi connectivity index (χ0v) is 16.4. The second kappa shape index (κ2) is 8.05. The largest absolute Gasteiger partial charge is 0.226 e. The van der Waals surface area contributed by atoms with Crippen LogP contribution in [0.15, 0.2) is 91.0 Å². The van der Waals surface area contributed by atoms with E-state index in [2.05, 4.69) is 72.8 Å². The summed E-state index contributed by atoms with van der Waals surface area (Å²) < 4.78 is 0. The van der Waals surface area contributed by atoms with Gasteiger partial charge in [0.2, 0.25) is 0 Å². The molecule has 0 saturated carbocycles. The van der Waals surface area contributed by atoms with Crippen LogP contribution < -0.4 is 15.9 Å². The fourth-order valence-corrected chi connectivity index (χ4v) is 6.21. The lowest BCUT2D eigenvalue weighted by molar-refractivity contribution is -0.282. The molecule has 0 unspecified atom stereocenters. The van der Waals surface area contributed by atoms with Crippen molar-refractivity contribution in [3.8, 4) is 0 Å². The van der Waals surface area contributed by atoms with Gasteiger partial charge in [0.25, 0.3) is 0 Å². The molecule has 134 valence electrons. The van der Waals surface area contributed by atoms with Crippen LogP contribution in [-0.4, -0.2) is 11.6 Å². The predicted molar refractivity (Wildman–Crippen MR) is 113 cm³/mol. The molecule has 0 heterocycles. The smallest absolute Gasteiger partial charge is 0.0957 e. The molecule has 3 rings (SSSR count). The van der Waals surface area contributed by atoms with Gasteiger partial charge in [0, 0.05) is 6.89 Å². The highest BCUT2D eigenvalue weighted by molar-refractivity contribution is 7.94. The summed E-state index contributed by atoms with van der Waals surface area (Å²) in [7, 11) is 0. The summed E-state index contributed by atoms with van der Waals surface area (Å²) >= 11 is 0. The van der Waals surface area contributed by atoms with Crippen molar-refractivity contribution in [1.29, 1.82) is 0 Å². The van der Waals surface area contributed by atoms with Crippen LogP contribution in [0.1, 0.15) is 20.8 Å². The molecular weight excluding hydrogens is 339 g/mol. The highest BCUT2D eigenvalue weighted by atomic mass is 31.2. The van der Waals surface area contributed by atoms with Crippen molar-refractivity contribution in [3.63, 3.8) is 0 Å². The van der Waals surface area contributed by atoms with Crippen LogP contribution in [-0.2, 0) is 9.78 Å². The fraction of sp³-hybridized carbons (Fsp3) is 0.174. The molecule has 0 aliphatic heterocycles. The average Bonchev–Trinajstić information content (AvgIpc) is 2.67. The van der Waals surface area contributed by atoms with Crippen molar-refractivity contribution in [2.24, 2.45) is 0 Å². The normalized spacial score (nSPS) is 12.0. The Morgan fingerprint density at radius 2 is 0.962 bits per heavy atom. The summed E-state index contributed by atoms with van der Waals surface area (Å²) in [5.74, 6) is 1.91. The quantitative estimate of drug-likeness (QED) is 0.377. The Bertz CT molecular complexity index is 763. The Balaban J connectivity index is 2.27. The van der Waals surface area contributed by atoms with Gasteiger partial charge in [-0.25, -0.2) is 9.78 Å². The molecule has 3 aromatic carbocycles. The summed E-state index contributed by atoms with van der Waals surface area (Å²) in [5.41, 5.74) is -0.379. The monoisotopic (exact) mass is 364 g/mol. The topological polar surface area (TPSA) is 18.5 Å². The highest BCUT2D eigenvalue weighted by Gasteiger charge is 2.26. The molecule has 0 radical (unpaired) electrons. The van der Waals surface area contributed by atoms with Crippen LogP contribution in [0.3, 0.4) is 0 Å². The summed E-state index contributed by atoms with van der Waals surface area (Å²) in [5, 5.41) is 3.69. The third-order valence-corrected chi connectivity index (χ3v) is 7.73. The second-order valence-corrected chi connectivity index (χ2v) is 10.3. The highest BCUT2D eigenvalue weighted by Crippen LogP contribution is 2.43. The average molecular weight is 364 g/mol. The first-order valence-electron chi connectivity index (χ1n) is 8.77.